The van der Waals surface area contributed by atoms with E-state index in [0.717, 1.165) is 43.1 Å². The summed E-state index contributed by atoms with van der Waals surface area (Å²) in [6.45, 7) is 0. The zero-order valence-electron chi connectivity index (χ0n) is 60.9. The number of rotatable bonds is 20. The largest absolute Gasteiger partial charge is 0.495 e. The van der Waals surface area contributed by atoms with E-state index < -0.39 is 30.9 Å². The number of fused-ring (bicyclic) bond motifs is 4. The van der Waals surface area contributed by atoms with Gasteiger partial charge in [-0.2, -0.15) is 10.6 Å². The minimum absolute atomic E-state index is 0.0725. The molecule has 0 saturated heterocycles. The van der Waals surface area contributed by atoms with Crippen LogP contribution in [0.5, 0.6) is 23.0 Å². The molecule has 20 N–H and O–H groups in total. The second-order valence-corrected chi connectivity index (χ2v) is 30.0. The van der Waals surface area contributed by atoms with Gasteiger partial charge in [0.05, 0.1) is 61.0 Å². The summed E-state index contributed by atoms with van der Waals surface area (Å²) in [4.78, 5) is 0.160. The number of methoxy groups -OCH3 is 4. The molecule has 0 heterocycles. The molecule has 0 radical (unpaired) electrons. The summed E-state index contributed by atoms with van der Waals surface area (Å²) in [6, 6.07) is 77.2. The first-order chi connectivity index (χ1) is 52.8. The molecule has 13 aromatic carbocycles. The Bertz CT molecular complexity index is 5760. The molecule has 0 aliphatic rings. The third-order valence-corrected chi connectivity index (χ3v) is 22.9. The first-order valence-corrected chi connectivity index (χ1v) is 37.3. The Kier molecular flexibility index (Phi) is 20.7. The van der Waals surface area contributed by atoms with Gasteiger partial charge in [-0.25, -0.2) is 27.7 Å². The predicted octanol–water partition coefficient (Wildman–Crippen LogP) is 8.90. The molecule has 0 saturated carbocycles. The lowest BCUT2D eigenvalue weighted by Gasteiger charge is -2.33. The van der Waals surface area contributed by atoms with Gasteiger partial charge < -0.3 is 41.0 Å². The summed E-state index contributed by atoms with van der Waals surface area (Å²) < 4.78 is 86.2. The average Bonchev–Trinajstić information content (AvgIpc) is 0.741. The summed E-state index contributed by atoms with van der Waals surface area (Å²) in [5.41, 5.74) is 23.2. The van der Waals surface area contributed by atoms with E-state index in [0.29, 0.717) is 95.9 Å². The lowest BCUT2D eigenvalue weighted by atomic mass is 9.69. The lowest BCUT2D eigenvalue weighted by molar-refractivity contribution is -0.302. The van der Waals surface area contributed by atoms with E-state index in [2.05, 4.69) is 56.4 Å². The monoisotopic (exact) mass is 1500 g/mol. The van der Waals surface area contributed by atoms with Crippen LogP contribution in [0.25, 0.3) is 43.1 Å². The number of nitrogens with one attached hydrogen (secondary N) is 6. The molecular formula is C86H80N14O8S2+4. The summed E-state index contributed by atoms with van der Waals surface area (Å²) in [6.07, 6.45) is 0. The van der Waals surface area contributed by atoms with Gasteiger partial charge in [0.1, 0.15) is 22.3 Å². The quantitative estimate of drug-likeness (QED) is 0.0111. The standard InChI is InChI=1S/C86H76N14O8S2/c1-99(109(101,102)71-31-25-59-41-55-13-7-9-15-57(55)43-61(59)45-71)69-19-11-17-63(47-69)85(65-27-33-77(105-3)73(49-65)95-81(87)88,66-28-34-78(106-4)74(50-66)96-82(89)90)39-37-53-21-23-54(24-22-53)38-40-86(67-29-35-79(107-5)75(51-67)97-83(91)92,68-30-36-80(108-6)76(52-68)98-84(93)94)64-18-12-20-70(48-64)100(2)110(103,104)72-32-26-60-42-56-14-8-10-16-58(56)44-62(60)46-72/h7-36,41-52H,1-6H3,(H4,87,88,95)(H4,89,90,96)(H4,91,92,97)(H4,93,94,98)/p+4. The molecule has 0 fully saturated rings. The highest BCUT2D eigenvalue weighted by Crippen LogP contribution is 2.48. The molecule has 13 rings (SSSR count). The van der Waals surface area contributed by atoms with Gasteiger partial charge in [-0.3, -0.25) is 30.9 Å². The van der Waals surface area contributed by atoms with E-state index in [1.807, 2.05) is 152 Å². The third kappa shape index (κ3) is 14.6. The van der Waals surface area contributed by atoms with Crippen LogP contribution < -0.4 is 82.6 Å². The fourth-order valence-electron chi connectivity index (χ4n) is 13.8. The maximum Gasteiger partial charge on any atom is 0.439 e. The number of quaternary nitrogens is 2. The molecule has 0 unspecified atom stereocenters. The van der Waals surface area contributed by atoms with Crippen molar-refractivity contribution < 1.29 is 58.1 Å². The van der Waals surface area contributed by atoms with Crippen LogP contribution >= 0.6 is 0 Å². The van der Waals surface area contributed by atoms with Crippen LogP contribution in [0.3, 0.4) is 0 Å². The molecule has 0 spiro atoms. The van der Waals surface area contributed by atoms with Crippen LogP contribution in [-0.2, 0) is 30.9 Å². The van der Waals surface area contributed by atoms with Gasteiger partial charge in [0.25, 0.3) is 20.0 Å². The zero-order valence-corrected chi connectivity index (χ0v) is 62.6. The van der Waals surface area contributed by atoms with E-state index in [9.17, 15) is 0 Å². The first kappa shape index (κ1) is 74.4. The molecule has 24 heteroatoms. The average molecular weight is 1500 g/mol. The SMILES string of the molecule is COc1ccc(C(C#Cc2ccc(C#CC(c3cccc(N(C)S(=O)(=O)c4ccc5cc6ccccc6cc5c4)c3)(c3ccc(OC)c(NC(=[NH2+])[NH3+])c3)c3ccc(OC)c(NC(=[NH2+])[NH3+])c3)cc2)(c2cccc(N(C)S(=O)(=O)c3ccc4cc5ccccc5cc4c3)c2)c2ccc(OC)c(NC(=N)N)c2)cc1NC(=N)N. The van der Waals surface area contributed by atoms with Crippen molar-refractivity contribution in [3.63, 3.8) is 0 Å². The minimum Gasteiger partial charge on any atom is -0.495 e. The van der Waals surface area contributed by atoms with Crippen LogP contribution in [0.15, 0.2) is 265 Å². The summed E-state index contributed by atoms with van der Waals surface area (Å²) >= 11 is 0. The number of benzene rings is 13. The Balaban J connectivity index is 0.993. The number of anilines is 6. The number of ether oxygens (including phenoxy) is 4. The fourth-order valence-corrected chi connectivity index (χ4v) is 16.3. The van der Waals surface area contributed by atoms with E-state index in [-0.39, 0.29) is 39.3 Å². The smallest absolute Gasteiger partial charge is 0.439 e. The summed E-state index contributed by atoms with van der Waals surface area (Å²) in [5, 5.41) is 48.8. The van der Waals surface area contributed by atoms with Crippen molar-refractivity contribution in [1.82, 2.24) is 0 Å². The molecule has 550 valence electrons. The first-order valence-electron chi connectivity index (χ1n) is 34.4. The molecular weight excluding hydrogens is 1420 g/mol. The van der Waals surface area contributed by atoms with Crippen molar-refractivity contribution in [2.45, 2.75) is 20.6 Å². The Hall–Kier alpha value is -13.9. The Morgan fingerprint density at radius 3 is 0.964 bits per heavy atom. The molecule has 13 aromatic rings. The van der Waals surface area contributed by atoms with E-state index in [1.54, 1.807) is 103 Å². The van der Waals surface area contributed by atoms with Gasteiger partial charge >= 0.3 is 11.9 Å². The Morgan fingerprint density at radius 2 is 0.664 bits per heavy atom. The highest BCUT2D eigenvalue weighted by atomic mass is 32.2. The topological polar surface area (TPSA) is 366 Å². The second-order valence-electron chi connectivity index (χ2n) is 26.1. The third-order valence-electron chi connectivity index (χ3n) is 19.3. The van der Waals surface area contributed by atoms with Crippen molar-refractivity contribution in [2.75, 3.05) is 72.4 Å². The molecule has 0 bridgehead atoms. The molecule has 0 aromatic heterocycles. The molecule has 0 aliphatic carbocycles. The highest BCUT2D eigenvalue weighted by Gasteiger charge is 2.40. The van der Waals surface area contributed by atoms with Gasteiger partial charge in [0.2, 0.25) is 0 Å². The minimum atomic E-state index is -4.25. The van der Waals surface area contributed by atoms with Gasteiger partial charge in [0, 0.05) is 25.2 Å². The predicted molar refractivity (Wildman–Crippen MR) is 437 cm³/mol. The van der Waals surface area contributed by atoms with E-state index in [4.69, 9.17) is 52.1 Å². The van der Waals surface area contributed by atoms with Gasteiger partial charge in [-0.05, 0) is 222 Å². The maximum absolute atomic E-state index is 15.1. The van der Waals surface area contributed by atoms with Crippen LogP contribution in [-0.4, -0.2) is 83.2 Å². The number of nitrogens with zero attached hydrogens (tertiary/aromatic N) is 2. The normalized spacial score (nSPS) is 11.9. The van der Waals surface area contributed by atoms with Crippen molar-refractivity contribution in [2.24, 2.45) is 11.5 Å². The zero-order chi connectivity index (χ0) is 77.8. The maximum atomic E-state index is 15.1. The van der Waals surface area contributed by atoms with Crippen LogP contribution in [0.4, 0.5) is 34.1 Å². The number of hydrogen-bond donors (Lipinski definition) is 12. The summed E-state index contributed by atoms with van der Waals surface area (Å²) in [7, 11) is 0.573. The lowest BCUT2D eigenvalue weighted by Crippen LogP contribution is -2.73. The van der Waals surface area contributed by atoms with Crippen LogP contribution in [0, 0.1) is 34.5 Å². The molecule has 0 atom stereocenters. The Morgan fingerprint density at radius 1 is 0.373 bits per heavy atom. The number of guanidine groups is 4. The van der Waals surface area contributed by atoms with Gasteiger partial charge in [-0.1, -0.05) is 133 Å². The fraction of sp³-hybridized carbons (Fsp3) is 0.0930. The highest BCUT2D eigenvalue weighted by molar-refractivity contribution is 7.93. The van der Waals surface area contributed by atoms with E-state index in [1.165, 1.54) is 51.1 Å². The molecule has 0 amide bonds. The van der Waals surface area contributed by atoms with Crippen molar-refractivity contribution in [3.05, 3.63) is 299 Å². The number of hydrogen-bond acceptors (Lipinski definition) is 10. The molecule has 110 heavy (non-hydrogen) atoms. The van der Waals surface area contributed by atoms with Gasteiger partial charge in [0.15, 0.2) is 34.8 Å². The summed E-state index contributed by atoms with van der Waals surface area (Å²) in [5.74, 6) is 15.5. The van der Waals surface area contributed by atoms with Crippen LogP contribution in [0.2, 0.25) is 0 Å². The number of nitrogens with two attached hydrogens (primary N) is 4. The number of sulfonamides is 2. The second kappa shape index (κ2) is 30.5. The van der Waals surface area contributed by atoms with Crippen molar-refractivity contribution in [3.8, 4) is 46.7 Å². The van der Waals surface area contributed by atoms with Crippen molar-refractivity contribution in [1.29, 1.82) is 10.8 Å². The van der Waals surface area contributed by atoms with E-state index >= 15 is 16.8 Å². The Labute approximate surface area is 636 Å². The van der Waals surface area contributed by atoms with Crippen LogP contribution in [0.1, 0.15) is 44.5 Å². The van der Waals surface area contributed by atoms with Gasteiger partial charge in [-0.15, -0.1) is 0 Å². The molecule has 22 nitrogen and oxygen atoms in total. The molecule has 0 aliphatic heterocycles. The van der Waals surface area contributed by atoms with Crippen molar-refractivity contribution >= 4 is 121 Å².